The van der Waals surface area contributed by atoms with Gasteiger partial charge in [0.05, 0.1) is 10.7 Å². The van der Waals surface area contributed by atoms with E-state index in [-0.39, 0.29) is 5.91 Å². The van der Waals surface area contributed by atoms with Crippen LogP contribution in [0.3, 0.4) is 0 Å². The molecule has 1 aliphatic rings. The zero-order valence-corrected chi connectivity index (χ0v) is 13.2. The van der Waals surface area contributed by atoms with Gasteiger partial charge in [-0.1, -0.05) is 0 Å². The van der Waals surface area contributed by atoms with Crippen LogP contribution in [0, 0.1) is 19.8 Å². The Hall–Kier alpha value is -0.940. The molecule has 1 aromatic rings. The summed E-state index contributed by atoms with van der Waals surface area (Å²) in [4.78, 5) is 17.6. The van der Waals surface area contributed by atoms with Gasteiger partial charge in [0.1, 0.15) is 0 Å². The minimum atomic E-state index is 0.159. The van der Waals surface area contributed by atoms with Crippen molar-refractivity contribution in [3.05, 3.63) is 15.6 Å². The zero-order valence-electron chi connectivity index (χ0n) is 12.4. The maximum atomic E-state index is 11.8. The van der Waals surface area contributed by atoms with Crippen molar-refractivity contribution in [1.29, 1.82) is 0 Å². The summed E-state index contributed by atoms with van der Waals surface area (Å²) in [7, 11) is 0. The SMILES string of the molecule is Cc1nc(CCCNC(=O)C[C@@H]2CCCOC2)sc1C. The first-order valence-corrected chi connectivity index (χ1v) is 8.24. The number of rotatable bonds is 6. The van der Waals surface area contributed by atoms with Gasteiger partial charge in [0.15, 0.2) is 0 Å². The fraction of sp³-hybridized carbons (Fsp3) is 0.733. The number of nitrogens with one attached hydrogen (secondary N) is 1. The zero-order chi connectivity index (χ0) is 14.4. The second kappa shape index (κ2) is 7.74. The van der Waals surface area contributed by atoms with Crippen molar-refractivity contribution in [2.45, 2.75) is 46.0 Å². The van der Waals surface area contributed by atoms with Gasteiger partial charge < -0.3 is 10.1 Å². The fourth-order valence-electron chi connectivity index (χ4n) is 2.42. The van der Waals surface area contributed by atoms with Crippen molar-refractivity contribution in [1.82, 2.24) is 10.3 Å². The molecule has 4 nitrogen and oxygen atoms in total. The number of aromatic nitrogens is 1. The predicted molar refractivity (Wildman–Crippen MR) is 81.1 cm³/mol. The lowest BCUT2D eigenvalue weighted by Gasteiger charge is -2.21. The maximum absolute atomic E-state index is 11.8. The standard InChI is InChI=1S/C15H24N2O2S/c1-11-12(2)20-15(17-11)6-3-7-16-14(18)9-13-5-4-8-19-10-13/h13H,3-10H2,1-2H3,(H,16,18)/t13-/m0/s1. The van der Waals surface area contributed by atoms with E-state index < -0.39 is 0 Å². The van der Waals surface area contributed by atoms with Crippen molar-refractivity contribution < 1.29 is 9.53 Å². The number of carbonyl (C=O) groups is 1. The molecule has 0 bridgehead atoms. The van der Waals surface area contributed by atoms with E-state index in [1.54, 1.807) is 11.3 Å². The van der Waals surface area contributed by atoms with Crippen LogP contribution in [-0.4, -0.2) is 30.6 Å². The highest BCUT2D eigenvalue weighted by atomic mass is 32.1. The third kappa shape index (κ3) is 4.87. The van der Waals surface area contributed by atoms with E-state index >= 15 is 0 Å². The predicted octanol–water partition coefficient (Wildman–Crippen LogP) is 2.63. The van der Waals surface area contributed by atoms with Crippen molar-refractivity contribution in [3.8, 4) is 0 Å². The van der Waals surface area contributed by atoms with E-state index in [1.165, 1.54) is 9.88 Å². The van der Waals surface area contributed by atoms with E-state index in [0.29, 0.717) is 12.3 Å². The molecule has 20 heavy (non-hydrogen) atoms. The Balaban J connectivity index is 1.59. The number of thiazole rings is 1. The van der Waals surface area contributed by atoms with Crippen molar-refractivity contribution in [3.63, 3.8) is 0 Å². The third-order valence-corrected chi connectivity index (χ3v) is 4.82. The lowest BCUT2D eigenvalue weighted by molar-refractivity contribution is -0.123. The third-order valence-electron chi connectivity index (χ3n) is 3.69. The summed E-state index contributed by atoms with van der Waals surface area (Å²) in [6, 6.07) is 0. The normalized spacial score (nSPS) is 19.0. The number of hydrogen-bond donors (Lipinski definition) is 1. The van der Waals surface area contributed by atoms with Gasteiger partial charge in [-0.3, -0.25) is 4.79 Å². The summed E-state index contributed by atoms with van der Waals surface area (Å²) in [5.41, 5.74) is 1.13. The molecule has 1 atom stereocenters. The number of aryl methyl sites for hydroxylation is 3. The Morgan fingerprint density at radius 3 is 3.00 bits per heavy atom. The molecule has 0 aliphatic carbocycles. The summed E-state index contributed by atoms with van der Waals surface area (Å²) >= 11 is 1.76. The van der Waals surface area contributed by atoms with E-state index in [9.17, 15) is 4.79 Å². The van der Waals surface area contributed by atoms with Gasteiger partial charge in [-0.2, -0.15) is 0 Å². The molecule has 1 aliphatic heterocycles. The molecule has 0 aromatic carbocycles. The van der Waals surface area contributed by atoms with Gasteiger partial charge in [-0.05, 0) is 39.0 Å². The summed E-state index contributed by atoms with van der Waals surface area (Å²) in [6.45, 7) is 6.48. The van der Waals surface area contributed by atoms with Crippen LogP contribution in [0.4, 0.5) is 0 Å². The molecular weight excluding hydrogens is 272 g/mol. The lowest BCUT2D eigenvalue weighted by Crippen LogP contribution is -2.29. The maximum Gasteiger partial charge on any atom is 0.220 e. The molecule has 1 saturated heterocycles. The Morgan fingerprint density at radius 2 is 2.35 bits per heavy atom. The van der Waals surface area contributed by atoms with Crippen LogP contribution in [0.2, 0.25) is 0 Å². The fourth-order valence-corrected chi connectivity index (χ4v) is 3.39. The molecule has 2 rings (SSSR count). The molecule has 0 radical (unpaired) electrons. The molecule has 1 fully saturated rings. The van der Waals surface area contributed by atoms with Gasteiger partial charge in [-0.25, -0.2) is 4.98 Å². The van der Waals surface area contributed by atoms with Gasteiger partial charge in [-0.15, -0.1) is 11.3 Å². The molecular formula is C15H24N2O2S. The van der Waals surface area contributed by atoms with Crippen LogP contribution < -0.4 is 5.32 Å². The number of nitrogens with zero attached hydrogens (tertiary/aromatic N) is 1. The van der Waals surface area contributed by atoms with Crippen molar-refractivity contribution in [2.24, 2.45) is 5.92 Å². The van der Waals surface area contributed by atoms with Gasteiger partial charge in [0.25, 0.3) is 0 Å². The largest absolute Gasteiger partial charge is 0.381 e. The first-order chi connectivity index (χ1) is 9.65. The van der Waals surface area contributed by atoms with E-state index in [2.05, 4.69) is 17.2 Å². The highest BCUT2D eigenvalue weighted by Crippen LogP contribution is 2.18. The molecule has 0 spiro atoms. The van der Waals surface area contributed by atoms with Gasteiger partial charge >= 0.3 is 0 Å². The summed E-state index contributed by atoms with van der Waals surface area (Å²) in [5.74, 6) is 0.569. The average molecular weight is 296 g/mol. The van der Waals surface area contributed by atoms with Gasteiger partial charge in [0.2, 0.25) is 5.91 Å². The number of ether oxygens (including phenoxy) is 1. The monoisotopic (exact) mass is 296 g/mol. The summed E-state index contributed by atoms with van der Waals surface area (Å²) in [5, 5.41) is 4.18. The highest BCUT2D eigenvalue weighted by Gasteiger charge is 2.17. The Labute approximate surface area is 124 Å². The van der Waals surface area contributed by atoms with Crippen LogP contribution in [0.25, 0.3) is 0 Å². The molecule has 5 heteroatoms. The van der Waals surface area contributed by atoms with E-state index in [1.807, 2.05) is 6.92 Å². The van der Waals surface area contributed by atoms with Crippen LogP contribution in [-0.2, 0) is 16.0 Å². The van der Waals surface area contributed by atoms with Crippen LogP contribution in [0.15, 0.2) is 0 Å². The van der Waals surface area contributed by atoms with E-state index in [0.717, 1.165) is 51.1 Å². The molecule has 1 amide bonds. The molecule has 1 N–H and O–H groups in total. The van der Waals surface area contributed by atoms with Crippen LogP contribution >= 0.6 is 11.3 Å². The Morgan fingerprint density at radius 1 is 1.50 bits per heavy atom. The quantitative estimate of drug-likeness (QED) is 0.821. The second-order valence-electron chi connectivity index (χ2n) is 5.49. The average Bonchev–Trinajstić information content (AvgIpc) is 2.75. The Kier molecular flexibility index (Phi) is 5.98. The first-order valence-electron chi connectivity index (χ1n) is 7.42. The van der Waals surface area contributed by atoms with Crippen molar-refractivity contribution >= 4 is 17.2 Å². The van der Waals surface area contributed by atoms with E-state index in [4.69, 9.17) is 4.74 Å². The molecule has 112 valence electrons. The summed E-state index contributed by atoms with van der Waals surface area (Å²) < 4.78 is 5.39. The number of amides is 1. The van der Waals surface area contributed by atoms with Gasteiger partial charge in [0, 0.05) is 37.5 Å². The smallest absolute Gasteiger partial charge is 0.220 e. The Bertz CT molecular complexity index is 420. The number of carbonyl (C=O) groups excluding carboxylic acids is 1. The van der Waals surface area contributed by atoms with Crippen LogP contribution in [0.5, 0.6) is 0 Å². The second-order valence-corrected chi connectivity index (χ2v) is 6.78. The number of hydrogen-bond acceptors (Lipinski definition) is 4. The minimum absolute atomic E-state index is 0.159. The molecule has 0 saturated carbocycles. The molecule has 2 heterocycles. The minimum Gasteiger partial charge on any atom is -0.381 e. The highest BCUT2D eigenvalue weighted by molar-refractivity contribution is 7.11. The first kappa shape index (κ1) is 15.4. The topological polar surface area (TPSA) is 51.2 Å². The lowest BCUT2D eigenvalue weighted by atomic mass is 9.98. The van der Waals surface area contributed by atoms with Crippen molar-refractivity contribution in [2.75, 3.05) is 19.8 Å². The summed E-state index contributed by atoms with van der Waals surface area (Å²) in [6.07, 6.45) is 4.71. The molecule has 1 aromatic heterocycles. The molecule has 0 unspecified atom stereocenters. The van der Waals surface area contributed by atoms with Crippen LogP contribution in [0.1, 0.15) is 41.3 Å².